The van der Waals surface area contributed by atoms with Crippen molar-refractivity contribution in [1.29, 1.82) is 0 Å². The van der Waals surface area contributed by atoms with Gasteiger partial charge in [-0.25, -0.2) is 13.4 Å². The number of hydrogen-bond donors (Lipinski definition) is 1. The van der Waals surface area contributed by atoms with Crippen LogP contribution in [0.4, 0.5) is 11.4 Å². The Morgan fingerprint density at radius 3 is 2.69 bits per heavy atom. The summed E-state index contributed by atoms with van der Waals surface area (Å²) < 4.78 is 34.9. The number of thiazole rings is 1. The Hall–Kier alpha value is -2.02. The van der Waals surface area contributed by atoms with Gasteiger partial charge in [-0.15, -0.1) is 22.7 Å². The number of nitrogens with one attached hydrogen (secondary N) is 1. The average Bonchev–Trinajstić information content (AvgIpc) is 3.72. The molecule has 3 aliphatic rings. The van der Waals surface area contributed by atoms with E-state index in [2.05, 4.69) is 21.2 Å². The van der Waals surface area contributed by atoms with Crippen LogP contribution < -0.4 is 9.62 Å². The lowest BCUT2D eigenvalue weighted by molar-refractivity contribution is 0.0491. The van der Waals surface area contributed by atoms with Gasteiger partial charge in [0, 0.05) is 69.4 Å². The maximum absolute atomic E-state index is 13.6. The van der Waals surface area contributed by atoms with Gasteiger partial charge in [0.05, 0.1) is 23.5 Å². The molecule has 1 aromatic carbocycles. The average molecular weight is 588 g/mol. The molecule has 2 saturated heterocycles. The molecule has 3 aliphatic heterocycles. The van der Waals surface area contributed by atoms with Crippen molar-refractivity contribution in [3.63, 3.8) is 0 Å². The van der Waals surface area contributed by atoms with Gasteiger partial charge in [-0.05, 0) is 49.8 Å². The molecule has 0 bridgehead atoms. The van der Waals surface area contributed by atoms with Gasteiger partial charge >= 0.3 is 0 Å². The number of rotatable bonds is 9. The number of piperazine rings is 1. The number of nitrogens with zero attached hydrogens (tertiary/aromatic N) is 4. The van der Waals surface area contributed by atoms with Crippen molar-refractivity contribution in [3.8, 4) is 0 Å². The van der Waals surface area contributed by atoms with Crippen molar-refractivity contribution in [1.82, 2.24) is 14.8 Å². The maximum atomic E-state index is 13.6. The van der Waals surface area contributed by atoms with Crippen LogP contribution >= 0.6 is 22.7 Å². The predicted molar refractivity (Wildman–Crippen MR) is 158 cm³/mol. The molecule has 1 N–H and O–H groups in total. The number of thiophene rings is 1. The number of ether oxygens (including phenoxy) is 1. The van der Waals surface area contributed by atoms with Crippen LogP contribution in [0.3, 0.4) is 0 Å². The van der Waals surface area contributed by atoms with E-state index in [1.54, 1.807) is 33.2 Å². The molecule has 2 fully saturated rings. The zero-order valence-corrected chi connectivity index (χ0v) is 25.0. The Kier molecular flexibility index (Phi) is 7.98. The molecule has 6 rings (SSSR count). The lowest BCUT2D eigenvalue weighted by Crippen LogP contribution is -2.47. The molecule has 0 aliphatic carbocycles. The first-order valence-electron chi connectivity index (χ1n) is 13.9. The van der Waals surface area contributed by atoms with Crippen LogP contribution in [-0.2, 0) is 27.7 Å². The zero-order chi connectivity index (χ0) is 27.0. The Morgan fingerprint density at radius 2 is 1.97 bits per heavy atom. The number of sulfonamides is 1. The molecule has 210 valence electrons. The Morgan fingerprint density at radius 1 is 1.15 bits per heavy atom. The number of benzene rings is 1. The summed E-state index contributed by atoms with van der Waals surface area (Å²) in [5, 5.41) is 6.51. The van der Waals surface area contributed by atoms with Crippen molar-refractivity contribution in [3.05, 3.63) is 57.4 Å². The third kappa shape index (κ3) is 5.75. The lowest BCUT2D eigenvalue weighted by atomic mass is 10.1. The number of anilines is 2. The third-order valence-electron chi connectivity index (χ3n) is 7.79. The quantitative estimate of drug-likeness (QED) is 0.385. The van der Waals surface area contributed by atoms with E-state index < -0.39 is 10.0 Å². The van der Waals surface area contributed by atoms with Crippen molar-refractivity contribution < 1.29 is 13.2 Å². The monoisotopic (exact) mass is 587 g/mol. The number of fused-ring (bicyclic) bond motifs is 1. The molecule has 3 aromatic rings. The van der Waals surface area contributed by atoms with E-state index in [0.29, 0.717) is 16.0 Å². The summed E-state index contributed by atoms with van der Waals surface area (Å²) in [5.74, 6) is 0. The van der Waals surface area contributed by atoms with Gasteiger partial charge in [0.1, 0.15) is 9.22 Å². The molecule has 0 spiro atoms. The Balaban J connectivity index is 1.12. The topological polar surface area (TPSA) is 78.0 Å². The standard InChI is InChI=1S/C28H37N5O3S3/c1-20(2)33(39(34,35)26-9-5-15-37-26)25-8-3-6-21-16-24(30-27(21)25)28-29-17-23(38-28)19-32-12-10-31(11-13-32)18-22-7-4-14-36-22/h3,5-6,8-9,15,17,20,22,24,30H,4,7,10-14,16,18-19H2,1-2H3. The van der Waals surface area contributed by atoms with Crippen molar-refractivity contribution in [2.75, 3.05) is 49.0 Å². The van der Waals surface area contributed by atoms with E-state index in [1.807, 2.05) is 32.2 Å². The second-order valence-corrected chi connectivity index (χ2v) is 15.1. The second kappa shape index (κ2) is 11.5. The fourth-order valence-electron chi connectivity index (χ4n) is 5.88. The summed E-state index contributed by atoms with van der Waals surface area (Å²) in [6.45, 7) is 11.1. The van der Waals surface area contributed by atoms with Gasteiger partial charge in [0.2, 0.25) is 0 Å². The van der Waals surface area contributed by atoms with Crippen LogP contribution in [-0.4, -0.2) is 74.7 Å². The Bertz CT molecular complexity index is 1360. The highest BCUT2D eigenvalue weighted by molar-refractivity contribution is 7.94. The summed E-state index contributed by atoms with van der Waals surface area (Å²) >= 11 is 3.02. The summed E-state index contributed by atoms with van der Waals surface area (Å²) in [6.07, 6.45) is 5.64. The largest absolute Gasteiger partial charge is 0.377 e. The first-order valence-corrected chi connectivity index (χ1v) is 17.0. The van der Waals surface area contributed by atoms with Gasteiger partial charge < -0.3 is 10.1 Å². The fraction of sp³-hybridized carbons (Fsp3) is 0.536. The molecular formula is C28H37N5O3S3. The van der Waals surface area contributed by atoms with E-state index >= 15 is 0 Å². The Labute approximate surface area is 239 Å². The molecule has 5 heterocycles. The van der Waals surface area contributed by atoms with Crippen molar-refractivity contribution in [2.45, 2.75) is 62.1 Å². The molecule has 0 saturated carbocycles. The van der Waals surface area contributed by atoms with E-state index in [9.17, 15) is 8.42 Å². The normalized spacial score (nSPS) is 22.3. The van der Waals surface area contributed by atoms with E-state index in [-0.39, 0.29) is 12.1 Å². The van der Waals surface area contributed by atoms with Crippen LogP contribution in [0.2, 0.25) is 0 Å². The molecular weight excluding hydrogens is 551 g/mol. The highest BCUT2D eigenvalue weighted by Crippen LogP contribution is 2.43. The second-order valence-electron chi connectivity index (χ2n) is 10.9. The number of aromatic nitrogens is 1. The van der Waals surface area contributed by atoms with Crippen molar-refractivity contribution in [2.24, 2.45) is 0 Å². The van der Waals surface area contributed by atoms with E-state index in [1.165, 1.54) is 29.1 Å². The van der Waals surface area contributed by atoms with E-state index in [0.717, 1.165) is 68.6 Å². The maximum Gasteiger partial charge on any atom is 0.274 e. The first kappa shape index (κ1) is 27.2. The SMILES string of the molecule is CC(C)N(c1cccc2c1NC(c1ncc(CN3CCN(CC4CCCO4)CC3)s1)C2)S(=O)(=O)c1cccs1. The van der Waals surface area contributed by atoms with Crippen LogP contribution in [0, 0.1) is 0 Å². The zero-order valence-electron chi connectivity index (χ0n) is 22.6. The van der Waals surface area contributed by atoms with Crippen molar-refractivity contribution >= 4 is 44.1 Å². The number of para-hydroxylation sites is 1. The summed E-state index contributed by atoms with van der Waals surface area (Å²) in [5.41, 5.74) is 2.73. The molecule has 2 aromatic heterocycles. The van der Waals surface area contributed by atoms with E-state index in [4.69, 9.17) is 9.72 Å². The van der Waals surface area contributed by atoms with Gasteiger partial charge in [0.15, 0.2) is 0 Å². The summed E-state index contributed by atoms with van der Waals surface area (Å²) in [7, 11) is -3.65. The first-order chi connectivity index (χ1) is 18.9. The molecule has 0 radical (unpaired) electrons. The fourth-order valence-corrected chi connectivity index (χ4v) is 9.64. The third-order valence-corrected chi connectivity index (χ3v) is 12.2. The van der Waals surface area contributed by atoms with Crippen LogP contribution in [0.5, 0.6) is 0 Å². The molecule has 11 heteroatoms. The lowest BCUT2D eigenvalue weighted by Gasteiger charge is -2.35. The highest BCUT2D eigenvalue weighted by atomic mass is 32.2. The highest BCUT2D eigenvalue weighted by Gasteiger charge is 2.34. The summed E-state index contributed by atoms with van der Waals surface area (Å²) in [6, 6.07) is 9.24. The predicted octanol–water partition coefficient (Wildman–Crippen LogP) is 4.81. The molecule has 39 heavy (non-hydrogen) atoms. The molecule has 0 amide bonds. The van der Waals surface area contributed by atoms with Gasteiger partial charge in [0.25, 0.3) is 10.0 Å². The van der Waals surface area contributed by atoms with Crippen LogP contribution in [0.25, 0.3) is 0 Å². The minimum absolute atomic E-state index is 0.0432. The summed E-state index contributed by atoms with van der Waals surface area (Å²) in [4.78, 5) is 11.1. The smallest absolute Gasteiger partial charge is 0.274 e. The van der Waals surface area contributed by atoms with Gasteiger partial charge in [-0.1, -0.05) is 18.2 Å². The molecule has 8 nitrogen and oxygen atoms in total. The van der Waals surface area contributed by atoms with Crippen LogP contribution in [0.15, 0.2) is 46.1 Å². The minimum Gasteiger partial charge on any atom is -0.377 e. The molecule has 2 atom stereocenters. The van der Waals surface area contributed by atoms with Crippen LogP contribution in [0.1, 0.15) is 48.2 Å². The molecule has 2 unspecified atom stereocenters. The van der Waals surface area contributed by atoms with Gasteiger partial charge in [-0.3, -0.25) is 14.1 Å². The van der Waals surface area contributed by atoms with Gasteiger partial charge in [-0.2, -0.15) is 0 Å². The minimum atomic E-state index is -3.65. The number of hydrogen-bond acceptors (Lipinski definition) is 9.